The molecule has 1 N–H and O–H groups in total. The number of carboxylic acid groups (broad SMARTS) is 1. The molecule has 152 valence electrons. The molecule has 28 heavy (non-hydrogen) atoms. The molecule has 2 aliphatic rings. The van der Waals surface area contributed by atoms with E-state index in [4.69, 9.17) is 9.84 Å². The summed E-state index contributed by atoms with van der Waals surface area (Å²) in [6.07, 6.45) is 0.199. The van der Waals surface area contributed by atoms with E-state index in [0.29, 0.717) is 17.5 Å². The van der Waals surface area contributed by atoms with Crippen LogP contribution in [0.15, 0.2) is 29.3 Å². The number of benzene rings is 1. The van der Waals surface area contributed by atoms with E-state index in [0.717, 1.165) is 5.56 Å². The molecule has 1 amide bonds. The van der Waals surface area contributed by atoms with Crippen molar-refractivity contribution in [3.05, 3.63) is 29.8 Å². The Morgan fingerprint density at radius 2 is 2.11 bits per heavy atom. The summed E-state index contributed by atoms with van der Waals surface area (Å²) in [5, 5.41) is 9.05. The lowest BCUT2D eigenvalue weighted by molar-refractivity contribution is -0.137. The van der Waals surface area contributed by atoms with Crippen molar-refractivity contribution in [1.29, 1.82) is 0 Å². The average Bonchev–Trinajstić information content (AvgIpc) is 3.07. The van der Waals surface area contributed by atoms with Crippen molar-refractivity contribution < 1.29 is 27.9 Å². The molecule has 0 saturated carbocycles. The summed E-state index contributed by atoms with van der Waals surface area (Å²) in [6.45, 7) is 0.419. The van der Waals surface area contributed by atoms with Gasteiger partial charge in [-0.2, -0.15) is 4.99 Å². The zero-order chi connectivity index (χ0) is 20.3. The molecule has 8 nitrogen and oxygen atoms in total. The molecule has 0 bridgehead atoms. The van der Waals surface area contributed by atoms with Crippen molar-refractivity contribution in [2.24, 2.45) is 4.99 Å². The van der Waals surface area contributed by atoms with Crippen LogP contribution in [-0.2, 0) is 26.0 Å². The fourth-order valence-electron chi connectivity index (χ4n) is 3.34. The smallest absolute Gasteiger partial charge is 0.303 e. The van der Waals surface area contributed by atoms with Crippen LogP contribution in [0.2, 0.25) is 0 Å². The minimum atomic E-state index is -3.11. The Bertz CT molecular complexity index is 899. The summed E-state index contributed by atoms with van der Waals surface area (Å²) in [7, 11) is -1.54. The number of carbonyl (C=O) groups is 2. The molecule has 2 saturated heterocycles. The van der Waals surface area contributed by atoms with Crippen molar-refractivity contribution in [2.75, 3.05) is 18.6 Å². The van der Waals surface area contributed by atoms with E-state index < -0.39 is 15.8 Å². The van der Waals surface area contributed by atoms with Gasteiger partial charge in [0, 0.05) is 24.6 Å². The Hall–Kier alpha value is -2.07. The molecule has 10 heteroatoms. The summed E-state index contributed by atoms with van der Waals surface area (Å²) in [6, 6.07) is 7.23. The first-order valence-electron chi connectivity index (χ1n) is 8.87. The average molecular weight is 427 g/mol. The van der Waals surface area contributed by atoms with Gasteiger partial charge >= 0.3 is 5.97 Å². The molecular formula is C18H22N2O6S2. The largest absolute Gasteiger partial charge is 0.497 e. The van der Waals surface area contributed by atoms with E-state index in [1.807, 2.05) is 29.2 Å². The first kappa shape index (κ1) is 20.7. The van der Waals surface area contributed by atoms with Gasteiger partial charge in [-0.05, 0) is 24.1 Å². The number of carbonyl (C=O) groups excluding carboxylic acids is 1. The monoisotopic (exact) mass is 426 g/mol. The number of amides is 1. The number of thioether (sulfide) groups is 1. The van der Waals surface area contributed by atoms with Gasteiger partial charge in [0.15, 0.2) is 15.0 Å². The first-order valence-corrected chi connectivity index (χ1v) is 11.6. The highest BCUT2D eigenvalue weighted by molar-refractivity contribution is 8.15. The maximum atomic E-state index is 12.2. The number of ether oxygens (including phenoxy) is 1. The standard InChI is InChI=1S/C18H22N2O6S2/c1-26-13-5-2-4-12(8-13)9-20-14-10-28(24,25)11-15(14)27-18(20)19-16(21)6-3-7-17(22)23/h2,4-5,8,14-15H,3,6-7,9-11H2,1H3,(H,22,23)/t14-,15-/m1/s1. The van der Waals surface area contributed by atoms with E-state index in [9.17, 15) is 18.0 Å². The molecule has 2 atom stereocenters. The van der Waals surface area contributed by atoms with Gasteiger partial charge in [0.1, 0.15) is 5.75 Å². The number of hydrogen-bond donors (Lipinski definition) is 1. The van der Waals surface area contributed by atoms with E-state index in [-0.39, 0.29) is 48.0 Å². The molecule has 0 spiro atoms. The number of aliphatic carboxylic acids is 1. The van der Waals surface area contributed by atoms with E-state index >= 15 is 0 Å². The molecule has 2 fully saturated rings. The summed E-state index contributed by atoms with van der Waals surface area (Å²) in [4.78, 5) is 28.8. The third kappa shape index (κ3) is 5.05. The Kier molecular flexibility index (Phi) is 6.29. The van der Waals surface area contributed by atoms with Gasteiger partial charge < -0.3 is 14.7 Å². The highest BCUT2D eigenvalue weighted by Crippen LogP contribution is 2.39. The number of methoxy groups -OCH3 is 1. The van der Waals surface area contributed by atoms with Crippen LogP contribution < -0.4 is 4.74 Å². The molecule has 1 aromatic carbocycles. The summed E-state index contributed by atoms with van der Waals surface area (Å²) in [5.41, 5.74) is 0.927. The quantitative estimate of drug-likeness (QED) is 0.699. The molecule has 0 aliphatic carbocycles. The highest BCUT2D eigenvalue weighted by atomic mass is 32.2. The van der Waals surface area contributed by atoms with Crippen molar-refractivity contribution in [2.45, 2.75) is 37.1 Å². The van der Waals surface area contributed by atoms with Crippen LogP contribution in [0.5, 0.6) is 5.75 Å². The van der Waals surface area contributed by atoms with Crippen LogP contribution >= 0.6 is 11.8 Å². The topological polar surface area (TPSA) is 113 Å². The number of hydrogen-bond acceptors (Lipinski definition) is 6. The van der Waals surface area contributed by atoms with Crippen LogP contribution in [0.25, 0.3) is 0 Å². The lowest BCUT2D eigenvalue weighted by Crippen LogP contribution is -2.37. The summed E-state index contributed by atoms with van der Waals surface area (Å²) < 4.78 is 29.4. The van der Waals surface area contributed by atoms with Crippen LogP contribution in [0.4, 0.5) is 0 Å². The van der Waals surface area contributed by atoms with Crippen molar-refractivity contribution >= 4 is 38.6 Å². The SMILES string of the molecule is COc1cccc(CN2C(=NC(=O)CCCC(=O)O)S[C@@H]3CS(=O)(=O)C[C@H]32)c1. The molecule has 0 unspecified atom stereocenters. The van der Waals surface area contributed by atoms with Crippen LogP contribution in [-0.4, -0.2) is 65.4 Å². The molecular weight excluding hydrogens is 404 g/mol. The van der Waals surface area contributed by atoms with Crippen LogP contribution in [0.1, 0.15) is 24.8 Å². The molecule has 2 aliphatic heterocycles. The second-order valence-corrected chi connectivity index (χ2v) is 10.2. The predicted molar refractivity (Wildman–Crippen MR) is 106 cm³/mol. The van der Waals surface area contributed by atoms with Crippen LogP contribution in [0.3, 0.4) is 0 Å². The number of aliphatic imine (C=N–C) groups is 1. The first-order chi connectivity index (χ1) is 13.3. The number of sulfone groups is 1. The Morgan fingerprint density at radius 1 is 1.32 bits per heavy atom. The Balaban J connectivity index is 1.79. The zero-order valence-electron chi connectivity index (χ0n) is 15.4. The number of amidine groups is 1. The molecule has 2 heterocycles. The van der Waals surface area contributed by atoms with Gasteiger partial charge in [0.25, 0.3) is 0 Å². The second kappa shape index (κ2) is 8.52. The lowest BCUT2D eigenvalue weighted by Gasteiger charge is -2.24. The second-order valence-electron chi connectivity index (χ2n) is 6.82. The highest BCUT2D eigenvalue weighted by Gasteiger charge is 2.48. The summed E-state index contributed by atoms with van der Waals surface area (Å²) >= 11 is 1.32. The number of carboxylic acids is 1. The number of nitrogens with zero attached hydrogens (tertiary/aromatic N) is 2. The van der Waals surface area contributed by atoms with E-state index in [1.165, 1.54) is 11.8 Å². The number of fused-ring (bicyclic) bond motifs is 1. The van der Waals surface area contributed by atoms with Gasteiger partial charge in [-0.3, -0.25) is 9.59 Å². The molecule has 3 rings (SSSR count). The van der Waals surface area contributed by atoms with Crippen LogP contribution in [0, 0.1) is 0 Å². The Labute approximate surface area is 167 Å². The maximum absolute atomic E-state index is 12.2. The maximum Gasteiger partial charge on any atom is 0.303 e. The third-order valence-corrected chi connectivity index (χ3v) is 7.91. The lowest BCUT2D eigenvalue weighted by atomic mass is 10.1. The fraction of sp³-hybridized carbons (Fsp3) is 0.500. The van der Waals surface area contributed by atoms with Gasteiger partial charge in [0.2, 0.25) is 5.91 Å². The molecule has 0 radical (unpaired) electrons. The van der Waals surface area contributed by atoms with Gasteiger partial charge in [-0.15, -0.1) is 0 Å². The zero-order valence-corrected chi connectivity index (χ0v) is 17.0. The minimum Gasteiger partial charge on any atom is -0.497 e. The number of rotatable bonds is 7. The van der Waals surface area contributed by atoms with E-state index in [1.54, 1.807) is 7.11 Å². The predicted octanol–water partition coefficient (Wildman–Crippen LogP) is 1.55. The minimum absolute atomic E-state index is 0.0425. The van der Waals surface area contributed by atoms with Gasteiger partial charge in [-0.1, -0.05) is 23.9 Å². The van der Waals surface area contributed by atoms with Crippen molar-refractivity contribution in [1.82, 2.24) is 4.90 Å². The molecule has 1 aromatic rings. The van der Waals surface area contributed by atoms with E-state index in [2.05, 4.69) is 4.99 Å². The van der Waals surface area contributed by atoms with Crippen molar-refractivity contribution in [3.63, 3.8) is 0 Å². The molecule has 0 aromatic heterocycles. The summed E-state index contributed by atoms with van der Waals surface area (Å²) in [5.74, 6) is -0.523. The Morgan fingerprint density at radius 3 is 2.82 bits per heavy atom. The third-order valence-electron chi connectivity index (χ3n) is 4.66. The van der Waals surface area contributed by atoms with Gasteiger partial charge in [-0.25, -0.2) is 8.42 Å². The normalized spacial score (nSPS) is 24.3. The fourth-order valence-corrected chi connectivity index (χ4v) is 7.31. The van der Waals surface area contributed by atoms with Crippen molar-refractivity contribution in [3.8, 4) is 5.75 Å². The van der Waals surface area contributed by atoms with Gasteiger partial charge in [0.05, 0.1) is 24.7 Å².